The molecule has 0 aromatic carbocycles. The van der Waals surface area contributed by atoms with E-state index < -0.39 is 0 Å². The van der Waals surface area contributed by atoms with Gasteiger partial charge in [-0.15, -0.1) is 21.5 Å². The minimum absolute atomic E-state index is 0.545. The van der Waals surface area contributed by atoms with Gasteiger partial charge in [0.25, 0.3) is 0 Å². The van der Waals surface area contributed by atoms with Gasteiger partial charge in [0.2, 0.25) is 0 Å². The number of rotatable bonds is 7. The highest BCUT2D eigenvalue weighted by Gasteiger charge is 2.23. The summed E-state index contributed by atoms with van der Waals surface area (Å²) >= 11 is 1.64. The Balaban J connectivity index is 1.08. The smallest absolute Gasteiger partial charge is 0.151 e. The number of hydrogen-bond donors (Lipinski definition) is 1. The van der Waals surface area contributed by atoms with E-state index in [1.54, 1.807) is 22.3 Å². The third kappa shape index (κ3) is 4.00. The summed E-state index contributed by atoms with van der Waals surface area (Å²) < 4.78 is 3.83. The van der Waals surface area contributed by atoms with Gasteiger partial charge in [-0.2, -0.15) is 5.10 Å². The zero-order chi connectivity index (χ0) is 21.3. The fourth-order valence-corrected chi connectivity index (χ4v) is 5.40. The van der Waals surface area contributed by atoms with E-state index in [1.807, 2.05) is 22.9 Å². The first kappa shape index (κ1) is 19.8. The summed E-state index contributed by atoms with van der Waals surface area (Å²) in [5, 5.41) is 23.5. The van der Waals surface area contributed by atoms with E-state index in [0.717, 1.165) is 46.7 Å². The van der Waals surface area contributed by atoms with Crippen molar-refractivity contribution in [1.29, 1.82) is 0 Å². The summed E-state index contributed by atoms with van der Waals surface area (Å²) in [5.41, 5.74) is 2.70. The summed E-state index contributed by atoms with van der Waals surface area (Å²) in [6.07, 6.45) is 12.2. The van der Waals surface area contributed by atoms with Crippen LogP contribution in [0.15, 0.2) is 36.2 Å². The maximum atomic E-state index is 4.52. The first-order chi connectivity index (χ1) is 15.8. The Kier molecular flexibility index (Phi) is 5.32. The van der Waals surface area contributed by atoms with Gasteiger partial charge in [-0.05, 0) is 50.3 Å². The predicted octanol–water partition coefficient (Wildman–Crippen LogP) is 2.85. The topological polar surface area (TPSA) is 89.1 Å². The second-order valence-corrected chi connectivity index (χ2v) is 9.79. The average molecular weight is 450 g/mol. The Morgan fingerprint density at radius 3 is 2.91 bits per heavy atom. The highest BCUT2D eigenvalue weighted by atomic mass is 32.1. The number of fused-ring (bicyclic) bond motifs is 1. The molecule has 0 spiro atoms. The van der Waals surface area contributed by atoms with E-state index in [0.29, 0.717) is 12.6 Å². The van der Waals surface area contributed by atoms with Crippen molar-refractivity contribution in [2.75, 3.05) is 24.5 Å². The van der Waals surface area contributed by atoms with Crippen LogP contribution in [0.25, 0.3) is 16.2 Å². The van der Waals surface area contributed by atoms with E-state index in [9.17, 15) is 0 Å². The molecule has 166 valence electrons. The van der Waals surface area contributed by atoms with Crippen LogP contribution in [0.2, 0.25) is 0 Å². The molecule has 32 heavy (non-hydrogen) atoms. The molecule has 2 fully saturated rings. The van der Waals surface area contributed by atoms with Crippen LogP contribution < -0.4 is 10.2 Å². The Hall–Kier alpha value is -2.85. The van der Waals surface area contributed by atoms with Crippen LogP contribution in [0, 0.1) is 5.92 Å². The number of anilines is 1. The number of nitrogens with zero attached hydrogens (tertiary/aromatic N) is 8. The van der Waals surface area contributed by atoms with Crippen LogP contribution in [0.5, 0.6) is 0 Å². The Labute approximate surface area is 190 Å². The molecule has 1 atom stereocenters. The maximum Gasteiger partial charge on any atom is 0.151 e. The first-order valence-electron chi connectivity index (χ1n) is 11.4. The molecule has 10 heteroatoms. The van der Waals surface area contributed by atoms with Crippen molar-refractivity contribution in [3.8, 4) is 11.4 Å². The maximum absolute atomic E-state index is 4.52. The van der Waals surface area contributed by atoms with E-state index in [2.05, 4.69) is 47.2 Å². The zero-order valence-electron chi connectivity index (χ0n) is 18.0. The summed E-state index contributed by atoms with van der Waals surface area (Å²) in [5.74, 6) is 1.86. The van der Waals surface area contributed by atoms with Crippen molar-refractivity contribution in [2.45, 2.75) is 44.7 Å². The zero-order valence-corrected chi connectivity index (χ0v) is 18.8. The third-order valence-electron chi connectivity index (χ3n) is 6.65. The van der Waals surface area contributed by atoms with Gasteiger partial charge in [-0.1, -0.05) is 11.6 Å². The molecule has 5 heterocycles. The fourth-order valence-electron chi connectivity index (χ4n) is 4.55. The van der Waals surface area contributed by atoms with Crippen LogP contribution in [-0.4, -0.2) is 60.3 Å². The number of piperidine rings is 1. The van der Waals surface area contributed by atoms with Gasteiger partial charge >= 0.3 is 0 Å². The molecule has 1 N–H and O–H groups in total. The SMILES string of the molecule is c1cc(N2CCC[C@@H](NCC3CCC3)C2)nnc1Cn1cc(-c2csc3cncn23)nn1. The van der Waals surface area contributed by atoms with E-state index in [1.165, 1.54) is 38.6 Å². The molecule has 0 bridgehead atoms. The molecule has 1 aliphatic carbocycles. The summed E-state index contributed by atoms with van der Waals surface area (Å²) in [4.78, 5) is 7.64. The average Bonchev–Trinajstić information content (AvgIpc) is 3.51. The third-order valence-corrected chi connectivity index (χ3v) is 7.54. The van der Waals surface area contributed by atoms with Crippen LogP contribution in [0.1, 0.15) is 37.8 Å². The highest BCUT2D eigenvalue weighted by Crippen LogP contribution is 2.26. The van der Waals surface area contributed by atoms with Crippen molar-refractivity contribution in [1.82, 2.24) is 39.9 Å². The highest BCUT2D eigenvalue weighted by molar-refractivity contribution is 7.15. The summed E-state index contributed by atoms with van der Waals surface area (Å²) in [7, 11) is 0. The molecule has 2 aliphatic rings. The van der Waals surface area contributed by atoms with Crippen LogP contribution in [0.3, 0.4) is 0 Å². The molecule has 0 unspecified atom stereocenters. The largest absolute Gasteiger partial charge is 0.354 e. The van der Waals surface area contributed by atoms with Gasteiger partial charge in [-0.25, -0.2) is 9.67 Å². The normalized spacial score (nSPS) is 19.5. The van der Waals surface area contributed by atoms with Crippen LogP contribution >= 0.6 is 11.3 Å². The van der Waals surface area contributed by atoms with Gasteiger partial charge in [0.1, 0.15) is 16.9 Å². The molecule has 1 saturated carbocycles. The Morgan fingerprint density at radius 1 is 1.09 bits per heavy atom. The van der Waals surface area contributed by atoms with Crippen molar-refractivity contribution >= 4 is 22.0 Å². The van der Waals surface area contributed by atoms with Crippen LogP contribution in [0.4, 0.5) is 5.82 Å². The van der Waals surface area contributed by atoms with Gasteiger partial charge in [0.05, 0.1) is 30.3 Å². The lowest BCUT2D eigenvalue weighted by atomic mass is 9.85. The minimum atomic E-state index is 0.545. The van der Waals surface area contributed by atoms with E-state index in [-0.39, 0.29) is 0 Å². The number of hydrogen-bond acceptors (Lipinski definition) is 8. The van der Waals surface area contributed by atoms with Gasteiger partial charge in [0, 0.05) is 24.5 Å². The fraction of sp³-hybridized carbons (Fsp3) is 0.500. The lowest BCUT2D eigenvalue weighted by Crippen LogP contribution is -2.47. The molecule has 4 aromatic heterocycles. The van der Waals surface area contributed by atoms with E-state index >= 15 is 0 Å². The van der Waals surface area contributed by atoms with Crippen molar-refractivity contribution in [2.24, 2.45) is 5.92 Å². The van der Waals surface area contributed by atoms with Crippen molar-refractivity contribution in [3.63, 3.8) is 0 Å². The van der Waals surface area contributed by atoms with Crippen molar-refractivity contribution in [3.05, 3.63) is 41.9 Å². The standard InChI is InChI=1S/C22H27N9S/c1-3-16(4-1)9-24-17-5-2-8-29(11-17)21-7-6-18(25-27-21)12-30-13-19(26-28-30)20-14-32-22-10-23-15-31(20)22/h6-7,10,13-17,24H,1-5,8-9,11-12H2/t17-/m1/s1. The molecule has 9 nitrogen and oxygen atoms in total. The molecule has 0 amide bonds. The summed E-state index contributed by atoms with van der Waals surface area (Å²) in [6, 6.07) is 4.69. The van der Waals surface area contributed by atoms with Crippen molar-refractivity contribution < 1.29 is 0 Å². The first-order valence-corrected chi connectivity index (χ1v) is 12.3. The molecular weight excluding hydrogens is 422 g/mol. The molecular formula is C22H27N9S. The molecule has 6 rings (SSSR count). The molecule has 1 saturated heterocycles. The lowest BCUT2D eigenvalue weighted by molar-refractivity contribution is 0.280. The number of thiazole rings is 1. The van der Waals surface area contributed by atoms with E-state index in [4.69, 9.17) is 0 Å². The number of nitrogens with one attached hydrogen (secondary N) is 1. The van der Waals surface area contributed by atoms with Gasteiger partial charge in [0.15, 0.2) is 5.82 Å². The monoisotopic (exact) mass is 449 g/mol. The van der Waals surface area contributed by atoms with Crippen LogP contribution in [-0.2, 0) is 6.54 Å². The summed E-state index contributed by atoms with van der Waals surface area (Å²) in [6.45, 7) is 3.77. The van der Waals surface area contributed by atoms with Gasteiger partial charge in [-0.3, -0.25) is 4.40 Å². The minimum Gasteiger partial charge on any atom is -0.354 e. The number of aromatic nitrogens is 7. The molecule has 1 aliphatic heterocycles. The lowest BCUT2D eigenvalue weighted by Gasteiger charge is -2.35. The number of imidazole rings is 1. The Morgan fingerprint density at radius 2 is 2.06 bits per heavy atom. The molecule has 4 aromatic rings. The molecule has 0 radical (unpaired) electrons. The second kappa shape index (κ2) is 8.59. The Bertz CT molecular complexity index is 1170. The quantitative estimate of drug-likeness (QED) is 0.464. The predicted molar refractivity (Wildman–Crippen MR) is 124 cm³/mol. The van der Waals surface area contributed by atoms with Gasteiger partial charge < -0.3 is 10.2 Å². The second-order valence-electron chi connectivity index (χ2n) is 8.90.